The molecule has 0 aliphatic carbocycles. The maximum atomic E-state index is 10.6. The van der Waals surface area contributed by atoms with Crippen molar-refractivity contribution >= 4 is 11.8 Å². The van der Waals surface area contributed by atoms with Crippen LogP contribution in [0.3, 0.4) is 0 Å². The number of aliphatic carboxylic acids is 1. The first kappa shape index (κ1) is 12.4. The van der Waals surface area contributed by atoms with Crippen molar-refractivity contribution in [3.63, 3.8) is 0 Å². The topological polar surface area (TPSA) is 87.2 Å². The number of alkyl halides is 3. The van der Waals surface area contributed by atoms with E-state index in [0.717, 1.165) is 0 Å². The molecule has 11 heavy (non-hydrogen) atoms. The number of carboxylic acids is 1. The summed E-state index contributed by atoms with van der Waals surface area (Å²) in [6.45, 7) is 1.53. The minimum Gasteiger partial charge on any atom is -0.475 e. The lowest BCUT2D eigenvalue weighted by molar-refractivity contribution is -0.192. The molecule has 0 spiro atoms. The molecule has 0 amide bonds. The molecule has 0 aliphatic heterocycles. The molecule has 0 aromatic rings. The molecule has 0 radical (unpaired) electrons. The van der Waals surface area contributed by atoms with Gasteiger partial charge in [0.1, 0.15) is 0 Å². The van der Waals surface area contributed by atoms with Crippen LogP contribution in [-0.4, -0.2) is 23.1 Å². The van der Waals surface area contributed by atoms with Crippen LogP contribution < -0.4 is 5.73 Å². The Bertz CT molecular complexity index is 150. The molecule has 0 unspecified atom stereocenters. The third-order valence-electron chi connectivity index (χ3n) is 0.243. The smallest absolute Gasteiger partial charge is 0.475 e. The fourth-order valence-corrected chi connectivity index (χ4v) is 0. The van der Waals surface area contributed by atoms with E-state index in [1.807, 2.05) is 0 Å². The van der Waals surface area contributed by atoms with Crippen LogP contribution in [0, 0.1) is 5.41 Å². The summed E-state index contributed by atoms with van der Waals surface area (Å²) >= 11 is 0. The maximum absolute atomic E-state index is 10.6. The Kier molecular flexibility index (Phi) is 5.11. The van der Waals surface area contributed by atoms with Gasteiger partial charge in [0.15, 0.2) is 0 Å². The summed E-state index contributed by atoms with van der Waals surface area (Å²) in [6.07, 6.45) is -5.08. The minimum atomic E-state index is -5.08. The number of amidine groups is 1. The van der Waals surface area contributed by atoms with E-state index in [1.54, 1.807) is 0 Å². The van der Waals surface area contributed by atoms with E-state index in [9.17, 15) is 13.2 Å². The number of carboxylic acid groups (broad SMARTS) is 1. The average Bonchev–Trinajstić information content (AvgIpc) is 1.59. The molecule has 0 atom stereocenters. The predicted molar refractivity (Wildman–Crippen MR) is 31.3 cm³/mol. The molecule has 0 heterocycles. The molecule has 66 valence electrons. The van der Waals surface area contributed by atoms with Crippen LogP contribution in [0.4, 0.5) is 13.2 Å². The van der Waals surface area contributed by atoms with Gasteiger partial charge in [0.2, 0.25) is 0 Å². The van der Waals surface area contributed by atoms with Crippen molar-refractivity contribution in [1.82, 2.24) is 0 Å². The second-order valence-electron chi connectivity index (χ2n) is 1.49. The molecule has 0 saturated heterocycles. The highest BCUT2D eigenvalue weighted by atomic mass is 19.4. The molecule has 0 bridgehead atoms. The second-order valence-corrected chi connectivity index (χ2v) is 1.49. The van der Waals surface area contributed by atoms with Crippen molar-refractivity contribution in [1.29, 1.82) is 5.41 Å². The van der Waals surface area contributed by atoms with E-state index in [-0.39, 0.29) is 5.84 Å². The molecule has 0 aromatic carbocycles. The van der Waals surface area contributed by atoms with Gasteiger partial charge >= 0.3 is 12.1 Å². The largest absolute Gasteiger partial charge is 0.490 e. The first-order valence-electron chi connectivity index (χ1n) is 2.28. The molecule has 0 aromatic heterocycles. The monoisotopic (exact) mass is 172 g/mol. The number of rotatable bonds is 0. The van der Waals surface area contributed by atoms with E-state index < -0.39 is 12.1 Å². The van der Waals surface area contributed by atoms with Crippen LogP contribution in [0.25, 0.3) is 0 Å². The number of halogens is 3. The summed E-state index contributed by atoms with van der Waals surface area (Å²) in [7, 11) is 0. The predicted octanol–water partition coefficient (Wildman–Crippen LogP) is 0.576. The van der Waals surface area contributed by atoms with Crippen LogP contribution in [0.5, 0.6) is 0 Å². The second kappa shape index (κ2) is 4.53. The van der Waals surface area contributed by atoms with Crippen LogP contribution in [0.1, 0.15) is 6.92 Å². The van der Waals surface area contributed by atoms with Crippen molar-refractivity contribution < 1.29 is 23.1 Å². The summed E-state index contributed by atoms with van der Waals surface area (Å²) in [5.41, 5.74) is 4.69. The quantitative estimate of drug-likeness (QED) is 0.368. The third kappa shape index (κ3) is 17.7. The van der Waals surface area contributed by atoms with Crippen LogP contribution in [0.15, 0.2) is 0 Å². The zero-order chi connectivity index (χ0) is 9.65. The third-order valence-corrected chi connectivity index (χ3v) is 0.243. The molecule has 0 aliphatic rings. The summed E-state index contributed by atoms with van der Waals surface area (Å²) < 4.78 is 31.7. The number of hydrogen-bond acceptors (Lipinski definition) is 2. The normalized spacial score (nSPS) is 9.45. The molecule has 0 fully saturated rings. The standard InChI is InChI=1S/C2HF3O2.C2H6N2/c3-2(4,5)1(6)7;1-2(3)4/h(H,6,7);1H3,(H3,3,4). The van der Waals surface area contributed by atoms with Gasteiger partial charge in [0, 0.05) is 0 Å². The van der Waals surface area contributed by atoms with E-state index in [4.69, 9.17) is 21.0 Å². The Morgan fingerprint density at radius 1 is 1.55 bits per heavy atom. The van der Waals surface area contributed by atoms with Crippen molar-refractivity contribution in [2.24, 2.45) is 5.73 Å². The van der Waals surface area contributed by atoms with Crippen molar-refractivity contribution in [2.75, 3.05) is 0 Å². The number of nitrogens with two attached hydrogens (primary N) is 1. The first-order valence-corrected chi connectivity index (χ1v) is 2.28. The molecular weight excluding hydrogens is 165 g/mol. The Morgan fingerprint density at radius 3 is 1.64 bits per heavy atom. The van der Waals surface area contributed by atoms with E-state index in [2.05, 4.69) is 0 Å². The highest BCUT2D eigenvalue weighted by Gasteiger charge is 2.38. The van der Waals surface area contributed by atoms with Gasteiger partial charge in [-0.15, -0.1) is 0 Å². The van der Waals surface area contributed by atoms with Gasteiger partial charge in [-0.05, 0) is 6.92 Å². The number of nitrogens with one attached hydrogen (secondary N) is 1. The fourth-order valence-electron chi connectivity index (χ4n) is 0. The molecule has 4 nitrogen and oxygen atoms in total. The summed E-state index contributed by atoms with van der Waals surface area (Å²) in [6, 6.07) is 0. The van der Waals surface area contributed by atoms with Crippen molar-refractivity contribution in [3.05, 3.63) is 0 Å². The Labute approximate surface area is 60.3 Å². The van der Waals surface area contributed by atoms with Gasteiger partial charge in [-0.2, -0.15) is 13.2 Å². The minimum absolute atomic E-state index is 0.167. The highest BCUT2D eigenvalue weighted by molar-refractivity contribution is 5.73. The Hall–Kier alpha value is -1.27. The lowest BCUT2D eigenvalue weighted by atomic mass is 10.7. The van der Waals surface area contributed by atoms with Crippen LogP contribution in [0.2, 0.25) is 0 Å². The number of hydrogen-bond donors (Lipinski definition) is 3. The number of carbonyl (C=O) groups is 1. The summed E-state index contributed by atoms with van der Waals surface area (Å²) in [5, 5.41) is 13.4. The van der Waals surface area contributed by atoms with Crippen molar-refractivity contribution in [2.45, 2.75) is 13.1 Å². The lowest BCUT2D eigenvalue weighted by Crippen LogP contribution is -2.21. The Balaban J connectivity index is 0. The fraction of sp³-hybridized carbons (Fsp3) is 0.500. The molecule has 0 saturated carbocycles. The van der Waals surface area contributed by atoms with Gasteiger partial charge in [-0.25, -0.2) is 4.79 Å². The van der Waals surface area contributed by atoms with Gasteiger partial charge in [-0.1, -0.05) is 0 Å². The zero-order valence-electron chi connectivity index (χ0n) is 5.57. The van der Waals surface area contributed by atoms with Crippen LogP contribution >= 0.6 is 0 Å². The molecule has 4 N–H and O–H groups in total. The molecular formula is C4H7F3N2O2. The summed E-state index contributed by atoms with van der Waals surface area (Å²) in [5.74, 6) is -2.59. The molecule has 7 heteroatoms. The lowest BCUT2D eigenvalue weighted by Gasteiger charge is -1.93. The highest BCUT2D eigenvalue weighted by Crippen LogP contribution is 2.13. The van der Waals surface area contributed by atoms with E-state index in [1.165, 1.54) is 6.92 Å². The summed E-state index contributed by atoms with van der Waals surface area (Å²) in [4.78, 5) is 8.90. The zero-order valence-corrected chi connectivity index (χ0v) is 5.57. The Morgan fingerprint density at radius 2 is 1.64 bits per heavy atom. The molecule has 0 rings (SSSR count). The average molecular weight is 172 g/mol. The van der Waals surface area contributed by atoms with E-state index in [0.29, 0.717) is 0 Å². The van der Waals surface area contributed by atoms with Crippen LogP contribution in [-0.2, 0) is 4.79 Å². The van der Waals surface area contributed by atoms with Gasteiger partial charge < -0.3 is 10.8 Å². The van der Waals surface area contributed by atoms with Gasteiger partial charge in [-0.3, -0.25) is 5.41 Å². The first-order chi connectivity index (χ1) is 4.68. The van der Waals surface area contributed by atoms with Gasteiger partial charge in [0.05, 0.1) is 5.84 Å². The SMILES string of the molecule is CC(=N)N.O=C(O)C(F)(F)F. The van der Waals surface area contributed by atoms with Gasteiger partial charge in [0.25, 0.3) is 0 Å². The van der Waals surface area contributed by atoms with Crippen molar-refractivity contribution in [3.8, 4) is 0 Å². The van der Waals surface area contributed by atoms with E-state index >= 15 is 0 Å². The maximum Gasteiger partial charge on any atom is 0.490 e.